The number of methoxy groups -OCH3 is 1. The van der Waals surface area contributed by atoms with Crippen LogP contribution in [0.3, 0.4) is 0 Å². The Kier molecular flexibility index (Phi) is 3.99. The number of aromatic amines is 1. The van der Waals surface area contributed by atoms with Crippen LogP contribution in [0.2, 0.25) is 0 Å². The van der Waals surface area contributed by atoms with Crippen molar-refractivity contribution in [2.45, 2.75) is 12.3 Å². The summed E-state index contributed by atoms with van der Waals surface area (Å²) in [6, 6.07) is 9.03. The molecule has 1 heterocycles. The number of H-pyrrole nitrogens is 1. The largest absolute Gasteiger partial charge is 0.497 e. The van der Waals surface area contributed by atoms with Crippen LogP contribution in [0.15, 0.2) is 35.1 Å². The van der Waals surface area contributed by atoms with Crippen molar-refractivity contribution in [2.75, 3.05) is 7.11 Å². The number of alkyl halides is 1. The number of nitrogens with zero attached hydrogens (tertiary/aromatic N) is 1. The summed E-state index contributed by atoms with van der Waals surface area (Å²) in [7, 11) is 1.62. The van der Waals surface area contributed by atoms with E-state index in [1.165, 1.54) is 6.07 Å². The lowest BCUT2D eigenvalue weighted by Gasteiger charge is -2.04. The molecule has 0 saturated heterocycles. The molecule has 0 atom stereocenters. The van der Waals surface area contributed by atoms with E-state index in [1.54, 1.807) is 7.11 Å². The number of aromatic nitrogens is 2. The van der Waals surface area contributed by atoms with Crippen LogP contribution in [-0.4, -0.2) is 17.1 Å². The van der Waals surface area contributed by atoms with Crippen molar-refractivity contribution in [3.8, 4) is 5.75 Å². The third kappa shape index (κ3) is 3.11. The molecule has 0 spiro atoms. The molecule has 1 aromatic carbocycles. The molecule has 0 amide bonds. The van der Waals surface area contributed by atoms with Crippen LogP contribution in [0.25, 0.3) is 0 Å². The third-order valence-electron chi connectivity index (χ3n) is 2.51. The van der Waals surface area contributed by atoms with E-state index in [0.29, 0.717) is 17.9 Å². The molecule has 0 aliphatic carbocycles. The van der Waals surface area contributed by atoms with Crippen molar-refractivity contribution in [3.63, 3.8) is 0 Å². The van der Waals surface area contributed by atoms with Crippen molar-refractivity contribution in [2.24, 2.45) is 0 Å². The zero-order valence-corrected chi connectivity index (χ0v) is 10.7. The fourth-order valence-electron chi connectivity index (χ4n) is 1.65. The second-order valence-electron chi connectivity index (χ2n) is 3.84. The van der Waals surface area contributed by atoms with E-state index in [-0.39, 0.29) is 11.4 Å². The van der Waals surface area contributed by atoms with Gasteiger partial charge in [-0.2, -0.15) is 0 Å². The van der Waals surface area contributed by atoms with Crippen molar-refractivity contribution in [3.05, 3.63) is 57.8 Å². The van der Waals surface area contributed by atoms with Gasteiger partial charge in [0.15, 0.2) is 0 Å². The number of rotatable bonds is 4. The first-order valence-electron chi connectivity index (χ1n) is 5.49. The van der Waals surface area contributed by atoms with Crippen LogP contribution in [0.5, 0.6) is 5.75 Å². The van der Waals surface area contributed by atoms with E-state index in [1.807, 2.05) is 24.3 Å². The van der Waals surface area contributed by atoms with Gasteiger partial charge in [-0.15, -0.1) is 11.6 Å². The second kappa shape index (κ2) is 5.69. The molecule has 1 N–H and O–H groups in total. The molecule has 4 nitrogen and oxygen atoms in total. The van der Waals surface area contributed by atoms with Gasteiger partial charge in [-0.1, -0.05) is 12.1 Å². The highest BCUT2D eigenvalue weighted by molar-refractivity contribution is 6.16. The molecule has 0 aliphatic rings. The minimum atomic E-state index is -0.177. The molecule has 0 radical (unpaired) electrons. The summed E-state index contributed by atoms with van der Waals surface area (Å²) in [5, 5.41) is 0. The van der Waals surface area contributed by atoms with Crippen molar-refractivity contribution < 1.29 is 4.74 Å². The van der Waals surface area contributed by atoms with E-state index in [9.17, 15) is 4.79 Å². The number of hydrogen-bond acceptors (Lipinski definition) is 3. The first-order chi connectivity index (χ1) is 8.71. The Bertz CT molecular complexity index is 578. The first-order valence-corrected chi connectivity index (χ1v) is 6.02. The fraction of sp³-hybridized carbons (Fsp3) is 0.231. The molecule has 0 aliphatic heterocycles. The summed E-state index contributed by atoms with van der Waals surface area (Å²) in [5.41, 5.74) is 1.46. The summed E-state index contributed by atoms with van der Waals surface area (Å²) >= 11 is 5.68. The van der Waals surface area contributed by atoms with E-state index < -0.39 is 0 Å². The minimum Gasteiger partial charge on any atom is -0.497 e. The smallest absolute Gasteiger partial charge is 0.251 e. The Morgan fingerprint density at radius 1 is 1.33 bits per heavy atom. The van der Waals surface area contributed by atoms with Gasteiger partial charge in [-0.3, -0.25) is 4.79 Å². The molecule has 0 bridgehead atoms. The van der Waals surface area contributed by atoms with Gasteiger partial charge in [0, 0.05) is 12.5 Å². The predicted octanol–water partition coefficient (Wildman–Crippen LogP) is 2.11. The molecule has 18 heavy (non-hydrogen) atoms. The quantitative estimate of drug-likeness (QED) is 0.861. The van der Waals surface area contributed by atoms with Crippen LogP contribution in [0.1, 0.15) is 17.1 Å². The highest BCUT2D eigenvalue weighted by Crippen LogP contribution is 2.13. The lowest BCUT2D eigenvalue weighted by atomic mass is 10.1. The van der Waals surface area contributed by atoms with E-state index in [2.05, 4.69) is 9.97 Å². The lowest BCUT2D eigenvalue weighted by Crippen LogP contribution is -2.12. The molecule has 2 aromatic rings. The maximum Gasteiger partial charge on any atom is 0.251 e. The molecule has 2 rings (SSSR count). The third-order valence-corrected chi connectivity index (χ3v) is 2.79. The number of nitrogens with one attached hydrogen (secondary N) is 1. The second-order valence-corrected chi connectivity index (χ2v) is 4.11. The zero-order chi connectivity index (χ0) is 13.0. The number of halogens is 1. The van der Waals surface area contributed by atoms with Crippen LogP contribution >= 0.6 is 11.6 Å². The van der Waals surface area contributed by atoms with Crippen LogP contribution in [0, 0.1) is 0 Å². The average molecular weight is 265 g/mol. The highest BCUT2D eigenvalue weighted by atomic mass is 35.5. The molecule has 0 saturated carbocycles. The monoisotopic (exact) mass is 264 g/mol. The van der Waals surface area contributed by atoms with Gasteiger partial charge in [0.05, 0.1) is 18.7 Å². The van der Waals surface area contributed by atoms with Crippen molar-refractivity contribution in [1.29, 1.82) is 0 Å². The van der Waals surface area contributed by atoms with Gasteiger partial charge in [0.25, 0.3) is 5.56 Å². The topological polar surface area (TPSA) is 55.0 Å². The summed E-state index contributed by atoms with van der Waals surface area (Å²) in [6.07, 6.45) is 0.559. The predicted molar refractivity (Wildman–Crippen MR) is 70.2 cm³/mol. The number of hydrogen-bond donors (Lipinski definition) is 1. The molecule has 1 aromatic heterocycles. The lowest BCUT2D eigenvalue weighted by molar-refractivity contribution is 0.414. The summed E-state index contributed by atoms with van der Waals surface area (Å²) in [6.45, 7) is 0. The van der Waals surface area contributed by atoms with Gasteiger partial charge in [-0.05, 0) is 17.7 Å². The number of benzene rings is 1. The van der Waals surface area contributed by atoms with Gasteiger partial charge in [-0.25, -0.2) is 4.98 Å². The first kappa shape index (κ1) is 12.6. The van der Waals surface area contributed by atoms with Crippen LogP contribution in [-0.2, 0) is 12.3 Å². The average Bonchev–Trinajstić information content (AvgIpc) is 2.39. The Labute approximate surface area is 110 Å². The Morgan fingerprint density at radius 2 is 2.06 bits per heavy atom. The zero-order valence-electron chi connectivity index (χ0n) is 9.94. The Morgan fingerprint density at radius 3 is 2.67 bits per heavy atom. The minimum absolute atomic E-state index is 0.177. The number of ether oxygens (including phenoxy) is 1. The van der Waals surface area contributed by atoms with E-state index in [4.69, 9.17) is 16.3 Å². The highest BCUT2D eigenvalue weighted by Gasteiger charge is 2.02. The molecule has 5 heteroatoms. The normalized spacial score (nSPS) is 10.3. The van der Waals surface area contributed by atoms with Crippen molar-refractivity contribution >= 4 is 11.6 Å². The standard InChI is InChI=1S/C13H13ClN2O2/c1-18-11-4-2-9(3-5-11)6-12-15-10(8-14)7-13(17)16-12/h2-5,7H,6,8H2,1H3,(H,15,16,17). The fourth-order valence-corrected chi connectivity index (χ4v) is 1.79. The van der Waals surface area contributed by atoms with Crippen LogP contribution in [0.4, 0.5) is 0 Å². The van der Waals surface area contributed by atoms with Crippen molar-refractivity contribution in [1.82, 2.24) is 9.97 Å². The van der Waals surface area contributed by atoms with Gasteiger partial charge >= 0.3 is 0 Å². The summed E-state index contributed by atoms with van der Waals surface area (Å²) in [5.74, 6) is 1.65. The maximum absolute atomic E-state index is 11.4. The van der Waals surface area contributed by atoms with E-state index in [0.717, 1.165) is 11.3 Å². The van der Waals surface area contributed by atoms with Gasteiger partial charge in [0.2, 0.25) is 0 Å². The molecule has 94 valence electrons. The summed E-state index contributed by atoms with van der Waals surface area (Å²) < 4.78 is 5.08. The van der Waals surface area contributed by atoms with Gasteiger partial charge in [0.1, 0.15) is 11.6 Å². The Balaban J connectivity index is 2.22. The maximum atomic E-state index is 11.4. The molecular formula is C13H13ClN2O2. The van der Waals surface area contributed by atoms with Crippen LogP contribution < -0.4 is 10.3 Å². The van der Waals surface area contributed by atoms with E-state index >= 15 is 0 Å². The molecule has 0 unspecified atom stereocenters. The Hall–Kier alpha value is -1.81. The SMILES string of the molecule is COc1ccc(Cc2nc(CCl)cc(=O)[nH]2)cc1. The molecular weight excluding hydrogens is 252 g/mol. The molecule has 0 fully saturated rings. The van der Waals surface area contributed by atoms with Gasteiger partial charge < -0.3 is 9.72 Å². The summed E-state index contributed by atoms with van der Waals surface area (Å²) in [4.78, 5) is 18.4.